The molecule has 0 bridgehead atoms. The van der Waals surface area contributed by atoms with Gasteiger partial charge in [0.05, 0.1) is 16.8 Å². The standard InChI is InChI=1S/C52H33NO/c1-4-15-41-36(11-1)14-9-20-42(41)38-25-23-34(24-26-38)35-27-30-40(31-28-35)53(49-33-39-13-3-5-16-43(39)45-18-7-8-19-46(45)49)48-21-10-22-50-51(48)47-32-29-37-12-2-6-17-44(37)52(47)54-50/h1-33H. The number of rotatable bonds is 5. The molecule has 0 radical (unpaired) electrons. The van der Waals surface area contributed by atoms with Gasteiger partial charge in [0.15, 0.2) is 0 Å². The van der Waals surface area contributed by atoms with Crippen molar-refractivity contribution in [3.8, 4) is 22.3 Å². The van der Waals surface area contributed by atoms with E-state index in [0.29, 0.717) is 0 Å². The highest BCUT2D eigenvalue weighted by atomic mass is 16.3. The molecule has 0 saturated heterocycles. The molecular weight excluding hydrogens is 655 g/mol. The number of furan rings is 1. The van der Waals surface area contributed by atoms with Crippen molar-refractivity contribution < 1.29 is 4.42 Å². The molecule has 1 heterocycles. The summed E-state index contributed by atoms with van der Waals surface area (Å²) < 4.78 is 6.70. The molecule has 11 aromatic rings. The lowest BCUT2D eigenvalue weighted by Crippen LogP contribution is -2.11. The first kappa shape index (κ1) is 30.5. The Morgan fingerprint density at radius 1 is 0.333 bits per heavy atom. The molecular formula is C52H33NO. The Balaban J connectivity index is 1.09. The van der Waals surface area contributed by atoms with Gasteiger partial charge in [0.2, 0.25) is 0 Å². The highest BCUT2D eigenvalue weighted by Crippen LogP contribution is 2.47. The lowest BCUT2D eigenvalue weighted by molar-refractivity contribution is 0.672. The predicted molar refractivity (Wildman–Crippen MR) is 229 cm³/mol. The Morgan fingerprint density at radius 2 is 0.907 bits per heavy atom. The molecule has 0 unspecified atom stereocenters. The van der Waals surface area contributed by atoms with Gasteiger partial charge in [-0.05, 0) is 91.0 Å². The van der Waals surface area contributed by atoms with E-state index in [-0.39, 0.29) is 0 Å². The first-order valence-electron chi connectivity index (χ1n) is 18.5. The fourth-order valence-corrected chi connectivity index (χ4v) is 8.47. The molecule has 0 aliphatic rings. The zero-order valence-electron chi connectivity index (χ0n) is 29.4. The normalized spacial score (nSPS) is 11.7. The molecule has 0 aliphatic carbocycles. The van der Waals surface area contributed by atoms with Gasteiger partial charge in [0, 0.05) is 21.8 Å². The average molecular weight is 688 g/mol. The summed E-state index contributed by atoms with van der Waals surface area (Å²) in [6.45, 7) is 0. The Morgan fingerprint density at radius 3 is 1.69 bits per heavy atom. The maximum Gasteiger partial charge on any atom is 0.143 e. The minimum Gasteiger partial charge on any atom is -0.455 e. The van der Waals surface area contributed by atoms with Crippen molar-refractivity contribution in [1.82, 2.24) is 0 Å². The van der Waals surface area contributed by atoms with Crippen LogP contribution in [-0.4, -0.2) is 0 Å². The summed E-state index contributed by atoms with van der Waals surface area (Å²) >= 11 is 0. The topological polar surface area (TPSA) is 16.4 Å². The van der Waals surface area contributed by atoms with Crippen LogP contribution in [0.4, 0.5) is 17.1 Å². The third kappa shape index (κ3) is 4.81. The van der Waals surface area contributed by atoms with E-state index in [1.807, 2.05) is 0 Å². The van der Waals surface area contributed by atoms with Crippen LogP contribution in [0.3, 0.4) is 0 Å². The molecule has 252 valence electrons. The maximum atomic E-state index is 6.70. The van der Waals surface area contributed by atoms with Crippen LogP contribution >= 0.6 is 0 Å². The van der Waals surface area contributed by atoms with E-state index in [1.165, 1.54) is 60.0 Å². The summed E-state index contributed by atoms with van der Waals surface area (Å²) in [5.41, 5.74) is 9.89. The number of anilines is 3. The minimum absolute atomic E-state index is 0.872. The number of hydrogen-bond donors (Lipinski definition) is 0. The van der Waals surface area contributed by atoms with Gasteiger partial charge in [-0.15, -0.1) is 0 Å². The van der Waals surface area contributed by atoms with Crippen LogP contribution in [0.5, 0.6) is 0 Å². The summed E-state index contributed by atoms with van der Waals surface area (Å²) in [6.07, 6.45) is 0. The van der Waals surface area contributed by atoms with E-state index >= 15 is 0 Å². The highest BCUT2D eigenvalue weighted by Gasteiger charge is 2.22. The average Bonchev–Trinajstić information content (AvgIpc) is 3.64. The molecule has 1 aromatic heterocycles. The molecule has 0 saturated carbocycles. The second-order valence-corrected chi connectivity index (χ2v) is 14.1. The minimum atomic E-state index is 0.872. The van der Waals surface area contributed by atoms with Crippen LogP contribution in [0.1, 0.15) is 0 Å². The molecule has 0 N–H and O–H groups in total. The lowest BCUT2D eigenvalue weighted by atomic mass is 9.96. The molecule has 0 fully saturated rings. The summed E-state index contributed by atoms with van der Waals surface area (Å²) in [4.78, 5) is 2.43. The van der Waals surface area contributed by atoms with Crippen LogP contribution in [-0.2, 0) is 0 Å². The quantitative estimate of drug-likeness (QED) is 0.168. The van der Waals surface area contributed by atoms with E-state index < -0.39 is 0 Å². The zero-order chi connectivity index (χ0) is 35.6. The third-order valence-corrected chi connectivity index (χ3v) is 11.0. The summed E-state index contributed by atoms with van der Waals surface area (Å²) in [5, 5.41) is 11.9. The van der Waals surface area contributed by atoms with Gasteiger partial charge >= 0.3 is 0 Å². The molecule has 2 heteroatoms. The van der Waals surface area contributed by atoms with Crippen molar-refractivity contribution in [3.63, 3.8) is 0 Å². The van der Waals surface area contributed by atoms with Gasteiger partial charge in [-0.25, -0.2) is 0 Å². The Bertz CT molecular complexity index is 3200. The summed E-state index contributed by atoms with van der Waals surface area (Å²) in [6, 6.07) is 72.2. The molecule has 10 aromatic carbocycles. The Labute approximate surface area is 312 Å². The van der Waals surface area contributed by atoms with Gasteiger partial charge in [-0.2, -0.15) is 0 Å². The first-order chi connectivity index (χ1) is 26.8. The number of hydrogen-bond acceptors (Lipinski definition) is 2. The third-order valence-electron chi connectivity index (χ3n) is 11.0. The second kappa shape index (κ2) is 12.2. The summed E-state index contributed by atoms with van der Waals surface area (Å²) in [5.74, 6) is 0. The predicted octanol–water partition coefficient (Wildman–Crippen LogP) is 15.0. The van der Waals surface area contributed by atoms with Gasteiger partial charge in [-0.1, -0.05) is 164 Å². The van der Waals surface area contributed by atoms with Gasteiger partial charge < -0.3 is 9.32 Å². The molecule has 0 aliphatic heterocycles. The van der Waals surface area contributed by atoms with Crippen molar-refractivity contribution in [2.24, 2.45) is 0 Å². The van der Waals surface area contributed by atoms with E-state index in [2.05, 4.69) is 205 Å². The van der Waals surface area contributed by atoms with Crippen LogP contribution < -0.4 is 4.90 Å². The highest BCUT2D eigenvalue weighted by molar-refractivity contribution is 6.21. The van der Waals surface area contributed by atoms with Crippen LogP contribution in [0.15, 0.2) is 205 Å². The van der Waals surface area contributed by atoms with Crippen molar-refractivity contribution in [2.45, 2.75) is 0 Å². The molecule has 54 heavy (non-hydrogen) atoms. The molecule has 11 rings (SSSR count). The molecule has 0 atom stereocenters. The van der Waals surface area contributed by atoms with Crippen LogP contribution in [0, 0.1) is 0 Å². The number of benzene rings is 10. The van der Waals surface area contributed by atoms with Crippen molar-refractivity contribution >= 4 is 82.1 Å². The van der Waals surface area contributed by atoms with Gasteiger partial charge in [0.25, 0.3) is 0 Å². The molecule has 0 amide bonds. The van der Waals surface area contributed by atoms with Crippen LogP contribution in [0.2, 0.25) is 0 Å². The zero-order valence-corrected chi connectivity index (χ0v) is 29.4. The molecule has 0 spiro atoms. The van der Waals surface area contributed by atoms with Gasteiger partial charge in [0.1, 0.15) is 11.2 Å². The maximum absolute atomic E-state index is 6.70. The second-order valence-electron chi connectivity index (χ2n) is 14.1. The lowest BCUT2D eigenvalue weighted by Gasteiger charge is -2.28. The first-order valence-corrected chi connectivity index (χ1v) is 18.5. The largest absolute Gasteiger partial charge is 0.455 e. The summed E-state index contributed by atoms with van der Waals surface area (Å²) in [7, 11) is 0. The van der Waals surface area contributed by atoms with E-state index in [9.17, 15) is 0 Å². The smallest absolute Gasteiger partial charge is 0.143 e. The number of fused-ring (bicyclic) bond motifs is 9. The van der Waals surface area contributed by atoms with Crippen molar-refractivity contribution in [1.29, 1.82) is 0 Å². The van der Waals surface area contributed by atoms with Crippen LogP contribution in [0.25, 0.3) is 87.3 Å². The Hall–Kier alpha value is -7.16. The van der Waals surface area contributed by atoms with E-state index in [4.69, 9.17) is 4.42 Å². The number of nitrogens with zero attached hydrogens (tertiary/aromatic N) is 1. The van der Waals surface area contributed by atoms with Crippen molar-refractivity contribution in [2.75, 3.05) is 4.90 Å². The van der Waals surface area contributed by atoms with Gasteiger partial charge in [-0.3, -0.25) is 0 Å². The fourth-order valence-electron chi connectivity index (χ4n) is 8.47. The Kier molecular flexibility index (Phi) is 6.90. The SMILES string of the molecule is c1ccc2c(-c3ccc(-c4ccc(N(c5cc6ccccc6c6ccccc56)c5cccc6oc7c8ccccc8ccc7c56)cc4)cc3)cccc2c1. The monoisotopic (exact) mass is 687 g/mol. The van der Waals surface area contributed by atoms with E-state index in [1.54, 1.807) is 0 Å². The fraction of sp³-hybridized carbons (Fsp3) is 0. The van der Waals surface area contributed by atoms with Crippen molar-refractivity contribution in [3.05, 3.63) is 200 Å². The molecule has 2 nitrogen and oxygen atoms in total. The van der Waals surface area contributed by atoms with E-state index in [0.717, 1.165) is 44.4 Å².